The summed E-state index contributed by atoms with van der Waals surface area (Å²) in [7, 11) is 0. The van der Waals surface area contributed by atoms with Crippen LogP contribution in [-0.4, -0.2) is 29.1 Å². The number of hydrogen-bond donors (Lipinski definition) is 2. The highest BCUT2D eigenvalue weighted by molar-refractivity contribution is 5.88. The number of nitrogens with one attached hydrogen (secondary N) is 1. The molecule has 0 aromatic heterocycles. The predicted molar refractivity (Wildman–Crippen MR) is 76.1 cm³/mol. The number of carboxylic acid groups (broad SMARTS) is 1. The molecule has 5 nitrogen and oxygen atoms in total. The lowest BCUT2D eigenvalue weighted by Crippen LogP contribution is -2.41. The lowest BCUT2D eigenvalue weighted by atomic mass is 10.1. The third-order valence-corrected chi connectivity index (χ3v) is 3.11. The molecule has 2 atom stereocenters. The SMILES string of the molecule is CCC(C)NC(=O)C(C)Oc1cc(C(=O)O)ccc1C. The highest BCUT2D eigenvalue weighted by atomic mass is 16.5. The van der Waals surface area contributed by atoms with Crippen molar-refractivity contribution in [1.82, 2.24) is 5.32 Å². The smallest absolute Gasteiger partial charge is 0.335 e. The molecule has 2 unspecified atom stereocenters. The zero-order chi connectivity index (χ0) is 15.3. The molecule has 0 aliphatic heterocycles. The van der Waals surface area contributed by atoms with Crippen LogP contribution < -0.4 is 10.1 Å². The summed E-state index contributed by atoms with van der Waals surface area (Å²) in [5.41, 5.74) is 0.929. The molecule has 2 N–H and O–H groups in total. The molecular weight excluding hydrogens is 258 g/mol. The monoisotopic (exact) mass is 279 g/mol. The van der Waals surface area contributed by atoms with Crippen LogP contribution in [0.1, 0.15) is 43.1 Å². The van der Waals surface area contributed by atoms with Crippen LogP contribution in [0.25, 0.3) is 0 Å². The predicted octanol–water partition coefficient (Wildman–Crippen LogP) is 2.38. The fourth-order valence-corrected chi connectivity index (χ4v) is 1.57. The molecule has 0 radical (unpaired) electrons. The van der Waals surface area contributed by atoms with Crippen molar-refractivity contribution < 1.29 is 19.4 Å². The number of carbonyl (C=O) groups excluding carboxylic acids is 1. The van der Waals surface area contributed by atoms with Gasteiger partial charge in [-0.25, -0.2) is 4.79 Å². The number of carboxylic acids is 1. The van der Waals surface area contributed by atoms with E-state index >= 15 is 0 Å². The largest absolute Gasteiger partial charge is 0.481 e. The van der Waals surface area contributed by atoms with E-state index in [-0.39, 0.29) is 17.5 Å². The number of aryl methyl sites for hydroxylation is 1. The summed E-state index contributed by atoms with van der Waals surface area (Å²) < 4.78 is 5.57. The molecule has 20 heavy (non-hydrogen) atoms. The van der Waals surface area contributed by atoms with Gasteiger partial charge in [0.05, 0.1) is 5.56 Å². The van der Waals surface area contributed by atoms with Crippen molar-refractivity contribution in [2.75, 3.05) is 0 Å². The molecule has 0 spiro atoms. The van der Waals surface area contributed by atoms with Crippen molar-refractivity contribution in [3.05, 3.63) is 29.3 Å². The Balaban J connectivity index is 2.79. The number of amides is 1. The fourth-order valence-electron chi connectivity index (χ4n) is 1.57. The molecule has 0 saturated carbocycles. The summed E-state index contributed by atoms with van der Waals surface area (Å²) in [6.07, 6.45) is 0.165. The van der Waals surface area contributed by atoms with Gasteiger partial charge in [0.25, 0.3) is 5.91 Å². The zero-order valence-electron chi connectivity index (χ0n) is 12.3. The Kier molecular flexibility index (Phi) is 5.55. The minimum Gasteiger partial charge on any atom is -0.481 e. The summed E-state index contributed by atoms with van der Waals surface area (Å²) >= 11 is 0. The molecule has 1 amide bonds. The van der Waals surface area contributed by atoms with E-state index < -0.39 is 12.1 Å². The van der Waals surface area contributed by atoms with Crippen LogP contribution in [0, 0.1) is 6.92 Å². The topological polar surface area (TPSA) is 75.6 Å². The van der Waals surface area contributed by atoms with E-state index in [2.05, 4.69) is 5.32 Å². The number of rotatable bonds is 6. The van der Waals surface area contributed by atoms with E-state index in [1.807, 2.05) is 13.8 Å². The van der Waals surface area contributed by atoms with Gasteiger partial charge in [0.1, 0.15) is 5.75 Å². The lowest BCUT2D eigenvalue weighted by Gasteiger charge is -2.19. The van der Waals surface area contributed by atoms with E-state index in [4.69, 9.17) is 9.84 Å². The lowest BCUT2D eigenvalue weighted by molar-refractivity contribution is -0.127. The molecular formula is C15H21NO4. The van der Waals surface area contributed by atoms with Crippen LogP contribution in [0.15, 0.2) is 18.2 Å². The number of benzene rings is 1. The molecule has 0 bridgehead atoms. The summed E-state index contributed by atoms with van der Waals surface area (Å²) in [5, 5.41) is 11.8. The molecule has 0 fully saturated rings. The summed E-state index contributed by atoms with van der Waals surface area (Å²) in [5.74, 6) is -0.817. The molecule has 110 valence electrons. The van der Waals surface area contributed by atoms with Crippen molar-refractivity contribution in [1.29, 1.82) is 0 Å². The number of ether oxygens (including phenoxy) is 1. The fraction of sp³-hybridized carbons (Fsp3) is 0.467. The minimum absolute atomic E-state index is 0.0833. The molecule has 0 saturated heterocycles. The Morgan fingerprint density at radius 1 is 1.35 bits per heavy atom. The van der Waals surface area contributed by atoms with Crippen LogP contribution >= 0.6 is 0 Å². The van der Waals surface area contributed by atoms with Gasteiger partial charge in [0, 0.05) is 6.04 Å². The first-order chi connectivity index (χ1) is 9.35. The highest BCUT2D eigenvalue weighted by Crippen LogP contribution is 2.21. The zero-order valence-corrected chi connectivity index (χ0v) is 12.3. The molecule has 0 aliphatic rings. The van der Waals surface area contributed by atoms with Gasteiger partial charge in [-0.1, -0.05) is 13.0 Å². The summed E-state index contributed by atoms with van der Waals surface area (Å²) in [6, 6.07) is 4.69. The van der Waals surface area contributed by atoms with Gasteiger partial charge in [0.2, 0.25) is 0 Å². The maximum Gasteiger partial charge on any atom is 0.335 e. The Hall–Kier alpha value is -2.04. The van der Waals surface area contributed by atoms with Gasteiger partial charge in [-0.3, -0.25) is 4.79 Å². The van der Waals surface area contributed by atoms with Crippen molar-refractivity contribution in [3.63, 3.8) is 0 Å². The number of aromatic carboxylic acids is 1. The van der Waals surface area contributed by atoms with Crippen LogP contribution in [0.5, 0.6) is 5.75 Å². The van der Waals surface area contributed by atoms with E-state index in [0.29, 0.717) is 5.75 Å². The first-order valence-corrected chi connectivity index (χ1v) is 6.66. The molecule has 1 aromatic rings. The highest BCUT2D eigenvalue weighted by Gasteiger charge is 2.17. The van der Waals surface area contributed by atoms with E-state index in [9.17, 15) is 9.59 Å². The normalized spacial score (nSPS) is 13.4. The second kappa shape index (κ2) is 6.93. The van der Waals surface area contributed by atoms with Gasteiger partial charge in [-0.05, 0) is 44.9 Å². The Bertz CT molecular complexity index is 499. The van der Waals surface area contributed by atoms with Crippen molar-refractivity contribution in [2.45, 2.75) is 46.3 Å². The maximum absolute atomic E-state index is 11.9. The average Bonchev–Trinajstić information content (AvgIpc) is 2.40. The van der Waals surface area contributed by atoms with Crippen LogP contribution in [0.3, 0.4) is 0 Å². The first kappa shape index (κ1) is 16.0. The first-order valence-electron chi connectivity index (χ1n) is 6.66. The quantitative estimate of drug-likeness (QED) is 0.838. The van der Waals surface area contributed by atoms with Crippen LogP contribution in [0.4, 0.5) is 0 Å². The van der Waals surface area contributed by atoms with Gasteiger partial charge >= 0.3 is 5.97 Å². The van der Waals surface area contributed by atoms with E-state index in [1.54, 1.807) is 19.9 Å². The number of hydrogen-bond acceptors (Lipinski definition) is 3. The minimum atomic E-state index is -1.02. The summed E-state index contributed by atoms with van der Waals surface area (Å²) in [4.78, 5) is 22.8. The van der Waals surface area contributed by atoms with Gasteiger partial charge in [-0.15, -0.1) is 0 Å². The van der Waals surface area contributed by atoms with E-state index in [0.717, 1.165) is 12.0 Å². The second-order valence-electron chi connectivity index (χ2n) is 4.86. The molecule has 1 rings (SSSR count). The van der Waals surface area contributed by atoms with Crippen molar-refractivity contribution in [3.8, 4) is 5.75 Å². The molecule has 1 aromatic carbocycles. The second-order valence-corrected chi connectivity index (χ2v) is 4.86. The average molecular weight is 279 g/mol. The van der Waals surface area contributed by atoms with Crippen molar-refractivity contribution >= 4 is 11.9 Å². The Morgan fingerprint density at radius 3 is 2.55 bits per heavy atom. The molecule has 0 aliphatic carbocycles. The number of carbonyl (C=O) groups is 2. The molecule has 0 heterocycles. The molecule has 5 heteroatoms. The van der Waals surface area contributed by atoms with Gasteiger partial charge < -0.3 is 15.2 Å². The Labute approximate surface area is 118 Å². The maximum atomic E-state index is 11.9. The van der Waals surface area contributed by atoms with Gasteiger partial charge in [-0.2, -0.15) is 0 Å². The Morgan fingerprint density at radius 2 is 2.00 bits per heavy atom. The third kappa shape index (κ3) is 4.26. The van der Waals surface area contributed by atoms with Crippen LogP contribution in [0.2, 0.25) is 0 Å². The van der Waals surface area contributed by atoms with E-state index in [1.165, 1.54) is 12.1 Å². The van der Waals surface area contributed by atoms with Gasteiger partial charge in [0.15, 0.2) is 6.10 Å². The standard InChI is InChI=1S/C15H21NO4/c1-5-10(3)16-14(17)11(4)20-13-8-12(15(18)19)7-6-9(13)2/h6-8,10-11H,5H2,1-4H3,(H,16,17)(H,18,19). The van der Waals surface area contributed by atoms with Crippen LogP contribution in [-0.2, 0) is 4.79 Å². The third-order valence-electron chi connectivity index (χ3n) is 3.11. The summed E-state index contributed by atoms with van der Waals surface area (Å²) in [6.45, 7) is 7.35. The van der Waals surface area contributed by atoms with Crippen molar-refractivity contribution in [2.24, 2.45) is 0 Å².